The Hall–Kier alpha value is -3.93. The summed E-state index contributed by atoms with van der Waals surface area (Å²) in [7, 11) is 1.31. The van der Waals surface area contributed by atoms with Crippen LogP contribution in [0.5, 0.6) is 0 Å². The molecule has 0 saturated heterocycles. The van der Waals surface area contributed by atoms with Crippen molar-refractivity contribution in [1.29, 1.82) is 0 Å². The maximum atomic E-state index is 12.4. The third-order valence-electron chi connectivity index (χ3n) is 4.62. The molecule has 144 valence electrons. The summed E-state index contributed by atoms with van der Waals surface area (Å²) in [5.74, 6) is 0.0827. The number of methoxy groups -OCH3 is 1. The molecule has 0 fully saturated rings. The van der Waals surface area contributed by atoms with E-state index in [0.29, 0.717) is 17.7 Å². The smallest absolute Gasteiger partial charge is 0.337 e. The lowest BCUT2D eigenvalue weighted by atomic mass is 10.1. The van der Waals surface area contributed by atoms with E-state index < -0.39 is 5.97 Å². The highest BCUT2D eigenvalue weighted by molar-refractivity contribution is 5.97. The van der Waals surface area contributed by atoms with Crippen molar-refractivity contribution < 1.29 is 14.3 Å². The van der Waals surface area contributed by atoms with Crippen LogP contribution in [-0.2, 0) is 11.3 Å². The number of para-hydroxylation sites is 2. The number of aromatic amines is 1. The number of esters is 1. The Morgan fingerprint density at radius 3 is 2.48 bits per heavy atom. The minimum atomic E-state index is -0.471. The fourth-order valence-electron chi connectivity index (χ4n) is 3.06. The topological polar surface area (TPSA) is 84.1 Å². The number of nitrogens with one attached hydrogen (secondary N) is 2. The SMILES string of the molecule is COC(=O)c1cccc(C(=O)NCc2ccc(-c3nc4ccccc4[nH]3)cc2)c1. The summed E-state index contributed by atoms with van der Waals surface area (Å²) < 4.78 is 4.69. The minimum Gasteiger partial charge on any atom is -0.465 e. The minimum absolute atomic E-state index is 0.253. The summed E-state index contributed by atoms with van der Waals surface area (Å²) in [5.41, 5.74) is 4.60. The van der Waals surface area contributed by atoms with E-state index in [1.165, 1.54) is 13.2 Å². The number of ether oxygens (including phenoxy) is 1. The molecule has 0 bridgehead atoms. The first-order valence-electron chi connectivity index (χ1n) is 9.15. The van der Waals surface area contributed by atoms with Crippen LogP contribution in [0, 0.1) is 0 Å². The summed E-state index contributed by atoms with van der Waals surface area (Å²) in [4.78, 5) is 31.9. The fraction of sp³-hybridized carbons (Fsp3) is 0.0870. The van der Waals surface area contributed by atoms with E-state index in [9.17, 15) is 9.59 Å². The number of fused-ring (bicyclic) bond motifs is 1. The van der Waals surface area contributed by atoms with Crippen LogP contribution in [0.3, 0.4) is 0 Å². The molecule has 6 heteroatoms. The standard InChI is InChI=1S/C23H19N3O3/c1-29-23(28)18-6-4-5-17(13-18)22(27)24-14-15-9-11-16(12-10-15)21-25-19-7-2-3-8-20(19)26-21/h2-13H,14H2,1H3,(H,24,27)(H,25,26). The highest BCUT2D eigenvalue weighted by atomic mass is 16.5. The number of carbonyl (C=O) groups excluding carboxylic acids is 2. The van der Waals surface area contributed by atoms with Gasteiger partial charge in [-0.15, -0.1) is 0 Å². The molecule has 4 aromatic rings. The quantitative estimate of drug-likeness (QED) is 0.510. The summed E-state index contributed by atoms with van der Waals surface area (Å²) in [6, 6.07) is 22.2. The van der Waals surface area contributed by atoms with Crippen LogP contribution in [0.25, 0.3) is 22.4 Å². The average molecular weight is 385 g/mol. The Morgan fingerprint density at radius 1 is 0.966 bits per heavy atom. The number of imidazole rings is 1. The number of carbonyl (C=O) groups is 2. The molecular formula is C23H19N3O3. The molecule has 29 heavy (non-hydrogen) atoms. The van der Waals surface area contributed by atoms with Gasteiger partial charge in [0.2, 0.25) is 0 Å². The van der Waals surface area contributed by atoms with E-state index in [4.69, 9.17) is 0 Å². The van der Waals surface area contributed by atoms with Crippen molar-refractivity contribution >= 4 is 22.9 Å². The van der Waals surface area contributed by atoms with Gasteiger partial charge in [-0.1, -0.05) is 42.5 Å². The zero-order valence-corrected chi connectivity index (χ0v) is 15.8. The van der Waals surface area contributed by atoms with E-state index >= 15 is 0 Å². The van der Waals surface area contributed by atoms with E-state index in [1.807, 2.05) is 48.5 Å². The predicted molar refractivity (Wildman–Crippen MR) is 110 cm³/mol. The molecular weight excluding hydrogens is 366 g/mol. The molecule has 1 amide bonds. The Balaban J connectivity index is 1.42. The van der Waals surface area contributed by atoms with Crippen LogP contribution >= 0.6 is 0 Å². The number of nitrogens with zero attached hydrogens (tertiary/aromatic N) is 1. The Morgan fingerprint density at radius 2 is 1.72 bits per heavy atom. The largest absolute Gasteiger partial charge is 0.465 e. The maximum absolute atomic E-state index is 12.4. The molecule has 0 aliphatic heterocycles. The monoisotopic (exact) mass is 385 g/mol. The van der Waals surface area contributed by atoms with Gasteiger partial charge in [-0.05, 0) is 35.9 Å². The number of benzene rings is 3. The first kappa shape index (κ1) is 18.4. The van der Waals surface area contributed by atoms with Crippen molar-refractivity contribution in [3.8, 4) is 11.4 Å². The van der Waals surface area contributed by atoms with Crippen molar-refractivity contribution in [2.75, 3.05) is 7.11 Å². The third kappa shape index (κ3) is 4.01. The van der Waals surface area contributed by atoms with Gasteiger partial charge in [-0.2, -0.15) is 0 Å². The summed E-state index contributed by atoms with van der Waals surface area (Å²) >= 11 is 0. The van der Waals surface area contributed by atoms with Gasteiger partial charge >= 0.3 is 5.97 Å². The van der Waals surface area contributed by atoms with E-state index in [2.05, 4.69) is 20.0 Å². The first-order valence-corrected chi connectivity index (χ1v) is 9.15. The number of rotatable bonds is 5. The number of amides is 1. The van der Waals surface area contributed by atoms with Crippen molar-refractivity contribution in [2.24, 2.45) is 0 Å². The second-order valence-corrected chi connectivity index (χ2v) is 6.55. The molecule has 0 aliphatic rings. The van der Waals surface area contributed by atoms with E-state index in [1.54, 1.807) is 18.2 Å². The molecule has 0 saturated carbocycles. The van der Waals surface area contributed by atoms with Gasteiger partial charge in [0.25, 0.3) is 5.91 Å². The molecule has 3 aromatic carbocycles. The van der Waals surface area contributed by atoms with Gasteiger partial charge in [-0.25, -0.2) is 9.78 Å². The third-order valence-corrected chi connectivity index (χ3v) is 4.62. The Labute approximate surface area is 167 Å². The molecule has 4 rings (SSSR count). The van der Waals surface area contributed by atoms with E-state index in [-0.39, 0.29) is 5.91 Å². The lowest BCUT2D eigenvalue weighted by molar-refractivity contribution is 0.0600. The molecule has 0 radical (unpaired) electrons. The summed E-state index contributed by atoms with van der Waals surface area (Å²) in [6.45, 7) is 0.377. The van der Waals surface area contributed by atoms with Gasteiger partial charge in [-0.3, -0.25) is 4.79 Å². The number of hydrogen-bond acceptors (Lipinski definition) is 4. The van der Waals surface area contributed by atoms with Crippen molar-refractivity contribution in [2.45, 2.75) is 6.54 Å². The van der Waals surface area contributed by atoms with Gasteiger partial charge in [0.1, 0.15) is 5.82 Å². The summed E-state index contributed by atoms with van der Waals surface area (Å²) in [5, 5.41) is 2.87. The number of aromatic nitrogens is 2. The number of hydrogen-bond donors (Lipinski definition) is 2. The van der Waals surface area contributed by atoms with Crippen LogP contribution in [0.15, 0.2) is 72.8 Å². The van der Waals surface area contributed by atoms with Gasteiger partial charge in [0, 0.05) is 17.7 Å². The molecule has 0 unspecified atom stereocenters. The Bertz CT molecular complexity index is 1150. The van der Waals surface area contributed by atoms with Crippen LogP contribution in [0.1, 0.15) is 26.3 Å². The highest BCUT2D eigenvalue weighted by Gasteiger charge is 2.11. The first-order chi connectivity index (χ1) is 14.1. The molecule has 2 N–H and O–H groups in total. The van der Waals surface area contributed by atoms with Crippen LogP contribution in [-0.4, -0.2) is 29.0 Å². The van der Waals surface area contributed by atoms with Gasteiger partial charge < -0.3 is 15.0 Å². The van der Waals surface area contributed by atoms with Crippen LogP contribution in [0.2, 0.25) is 0 Å². The zero-order chi connectivity index (χ0) is 20.2. The van der Waals surface area contributed by atoms with Crippen molar-refractivity contribution in [1.82, 2.24) is 15.3 Å². The molecule has 6 nitrogen and oxygen atoms in total. The lowest BCUT2D eigenvalue weighted by Gasteiger charge is -2.07. The second kappa shape index (κ2) is 7.98. The number of H-pyrrole nitrogens is 1. The predicted octanol–water partition coefficient (Wildman–Crippen LogP) is 3.95. The lowest BCUT2D eigenvalue weighted by Crippen LogP contribution is -2.23. The zero-order valence-electron chi connectivity index (χ0n) is 15.8. The average Bonchev–Trinajstić information content (AvgIpc) is 3.21. The molecule has 0 aliphatic carbocycles. The Kier molecular flexibility index (Phi) is 5.07. The van der Waals surface area contributed by atoms with Gasteiger partial charge in [0.05, 0.1) is 23.7 Å². The molecule has 0 spiro atoms. The molecule has 1 heterocycles. The summed E-state index contributed by atoms with van der Waals surface area (Å²) in [6.07, 6.45) is 0. The van der Waals surface area contributed by atoms with Crippen LogP contribution in [0.4, 0.5) is 0 Å². The highest BCUT2D eigenvalue weighted by Crippen LogP contribution is 2.20. The fourth-order valence-corrected chi connectivity index (χ4v) is 3.06. The van der Waals surface area contributed by atoms with Crippen molar-refractivity contribution in [3.63, 3.8) is 0 Å². The van der Waals surface area contributed by atoms with Gasteiger partial charge in [0.15, 0.2) is 0 Å². The molecule has 0 atom stereocenters. The second-order valence-electron chi connectivity index (χ2n) is 6.55. The maximum Gasteiger partial charge on any atom is 0.337 e. The van der Waals surface area contributed by atoms with Crippen molar-refractivity contribution in [3.05, 3.63) is 89.5 Å². The van der Waals surface area contributed by atoms with E-state index in [0.717, 1.165) is 28.0 Å². The normalized spacial score (nSPS) is 10.7. The van der Waals surface area contributed by atoms with Crippen LogP contribution < -0.4 is 5.32 Å². The molecule has 1 aromatic heterocycles.